The fourth-order valence-electron chi connectivity index (χ4n) is 2.26. The van der Waals surface area contributed by atoms with E-state index in [4.69, 9.17) is 10.9 Å². The van der Waals surface area contributed by atoms with Crippen LogP contribution in [0, 0.1) is 5.82 Å². The Labute approximate surface area is 126 Å². The minimum atomic E-state index is -0.239. The van der Waals surface area contributed by atoms with Crippen LogP contribution in [-0.4, -0.2) is 53.6 Å². The molecule has 110 valence electrons. The minimum absolute atomic E-state index is 0.237. The van der Waals surface area contributed by atoms with Gasteiger partial charge in [-0.15, -0.1) is 0 Å². The molecule has 0 aromatic heterocycles. The molecule has 1 heterocycles. The Balaban J connectivity index is 1.83. The predicted octanol–water partition coefficient (Wildman–Crippen LogP) is 1.45. The van der Waals surface area contributed by atoms with Gasteiger partial charge in [0.25, 0.3) is 0 Å². The van der Waals surface area contributed by atoms with E-state index in [1.807, 2.05) is 12.1 Å². The van der Waals surface area contributed by atoms with Gasteiger partial charge in [0.2, 0.25) is 0 Å². The van der Waals surface area contributed by atoms with Gasteiger partial charge in [0.05, 0.1) is 11.0 Å². The first-order valence-electron chi connectivity index (χ1n) is 6.43. The highest BCUT2D eigenvalue weighted by molar-refractivity contribution is 9.10. The largest absolute Gasteiger partial charge is 0.409 e. The van der Waals surface area contributed by atoms with Crippen molar-refractivity contribution in [2.45, 2.75) is 6.54 Å². The van der Waals surface area contributed by atoms with Crippen molar-refractivity contribution in [2.75, 3.05) is 32.7 Å². The Morgan fingerprint density at radius 3 is 2.55 bits per heavy atom. The van der Waals surface area contributed by atoms with Gasteiger partial charge in [-0.05, 0) is 33.6 Å². The molecular formula is C13H18BrFN4O. The fraction of sp³-hybridized carbons (Fsp3) is 0.462. The van der Waals surface area contributed by atoms with E-state index in [0.29, 0.717) is 11.0 Å². The van der Waals surface area contributed by atoms with E-state index >= 15 is 0 Å². The van der Waals surface area contributed by atoms with Crippen LogP contribution in [0.3, 0.4) is 0 Å². The maximum absolute atomic E-state index is 13.2. The van der Waals surface area contributed by atoms with Crippen LogP contribution in [0.5, 0.6) is 0 Å². The van der Waals surface area contributed by atoms with Gasteiger partial charge in [-0.2, -0.15) is 0 Å². The molecule has 3 N–H and O–H groups in total. The molecule has 0 amide bonds. The van der Waals surface area contributed by atoms with E-state index < -0.39 is 0 Å². The Morgan fingerprint density at radius 2 is 1.95 bits per heavy atom. The monoisotopic (exact) mass is 344 g/mol. The summed E-state index contributed by atoms with van der Waals surface area (Å²) in [4.78, 5) is 4.45. The molecule has 1 fully saturated rings. The van der Waals surface area contributed by atoms with Crippen LogP contribution in [0.4, 0.5) is 4.39 Å². The molecule has 1 saturated heterocycles. The summed E-state index contributed by atoms with van der Waals surface area (Å²) < 4.78 is 13.7. The van der Waals surface area contributed by atoms with Crippen molar-refractivity contribution in [2.24, 2.45) is 10.9 Å². The topological polar surface area (TPSA) is 65.1 Å². The zero-order chi connectivity index (χ0) is 14.5. The number of piperazine rings is 1. The molecule has 0 spiro atoms. The fourth-order valence-corrected chi connectivity index (χ4v) is 2.69. The second-order valence-corrected chi connectivity index (χ2v) is 5.75. The van der Waals surface area contributed by atoms with E-state index in [9.17, 15) is 4.39 Å². The van der Waals surface area contributed by atoms with Crippen LogP contribution >= 0.6 is 15.9 Å². The molecule has 0 radical (unpaired) electrons. The third-order valence-electron chi connectivity index (χ3n) is 3.37. The number of halogens is 2. The zero-order valence-corrected chi connectivity index (χ0v) is 12.7. The molecule has 5 nitrogen and oxygen atoms in total. The van der Waals surface area contributed by atoms with Crippen molar-refractivity contribution in [3.05, 3.63) is 34.1 Å². The summed E-state index contributed by atoms with van der Waals surface area (Å²) in [7, 11) is 0. The van der Waals surface area contributed by atoms with E-state index in [2.05, 4.69) is 30.9 Å². The van der Waals surface area contributed by atoms with Gasteiger partial charge in [-0.3, -0.25) is 9.80 Å². The lowest BCUT2D eigenvalue weighted by molar-refractivity contribution is 0.139. The lowest BCUT2D eigenvalue weighted by Crippen LogP contribution is -2.48. The number of oxime groups is 1. The van der Waals surface area contributed by atoms with Crippen molar-refractivity contribution in [3.8, 4) is 0 Å². The summed E-state index contributed by atoms with van der Waals surface area (Å²) in [5.74, 6) is -0.00162. The number of benzene rings is 1. The molecule has 0 bridgehead atoms. The van der Waals surface area contributed by atoms with Crippen LogP contribution in [0.2, 0.25) is 0 Å². The number of hydrogen-bond donors (Lipinski definition) is 2. The second kappa shape index (κ2) is 7.01. The predicted molar refractivity (Wildman–Crippen MR) is 79.2 cm³/mol. The Hall–Kier alpha value is -1.18. The van der Waals surface area contributed by atoms with Gasteiger partial charge in [0.1, 0.15) is 5.82 Å². The smallest absolute Gasteiger partial charge is 0.153 e. The molecule has 0 saturated carbocycles. The molecular weight excluding hydrogens is 327 g/mol. The van der Waals surface area contributed by atoms with Gasteiger partial charge in [0, 0.05) is 32.7 Å². The lowest BCUT2D eigenvalue weighted by Gasteiger charge is -2.34. The van der Waals surface area contributed by atoms with E-state index in [1.165, 1.54) is 6.07 Å². The quantitative estimate of drug-likeness (QED) is 0.375. The standard InChI is InChI=1S/C13H18BrFN4O/c14-11-7-10(1-2-12(11)15)8-18-3-5-19(6-4-18)9-13(16)17-20/h1-2,7,20H,3-6,8-9H2,(H2,16,17). The molecule has 0 atom stereocenters. The van der Waals surface area contributed by atoms with E-state index in [-0.39, 0.29) is 11.7 Å². The van der Waals surface area contributed by atoms with Crippen molar-refractivity contribution >= 4 is 21.8 Å². The zero-order valence-electron chi connectivity index (χ0n) is 11.1. The minimum Gasteiger partial charge on any atom is -0.409 e. The number of nitrogens with zero attached hydrogens (tertiary/aromatic N) is 3. The third-order valence-corrected chi connectivity index (χ3v) is 3.98. The summed E-state index contributed by atoms with van der Waals surface area (Å²) in [6.07, 6.45) is 0. The highest BCUT2D eigenvalue weighted by atomic mass is 79.9. The molecule has 1 aliphatic heterocycles. The maximum Gasteiger partial charge on any atom is 0.153 e. The molecule has 2 rings (SSSR count). The van der Waals surface area contributed by atoms with Gasteiger partial charge >= 0.3 is 0 Å². The van der Waals surface area contributed by atoms with Crippen molar-refractivity contribution in [3.63, 3.8) is 0 Å². The van der Waals surface area contributed by atoms with Crippen molar-refractivity contribution in [1.82, 2.24) is 9.80 Å². The van der Waals surface area contributed by atoms with Crippen LogP contribution in [0.15, 0.2) is 27.8 Å². The number of amidine groups is 1. The summed E-state index contributed by atoms with van der Waals surface area (Å²) in [5.41, 5.74) is 6.58. The number of hydrogen-bond acceptors (Lipinski definition) is 4. The van der Waals surface area contributed by atoms with Crippen LogP contribution in [0.1, 0.15) is 5.56 Å². The normalized spacial score (nSPS) is 18.4. The second-order valence-electron chi connectivity index (χ2n) is 4.89. The van der Waals surface area contributed by atoms with Crippen LogP contribution in [0.25, 0.3) is 0 Å². The number of rotatable bonds is 4. The molecule has 1 aliphatic rings. The van der Waals surface area contributed by atoms with Gasteiger partial charge in [-0.1, -0.05) is 11.2 Å². The number of nitrogens with two attached hydrogens (primary N) is 1. The van der Waals surface area contributed by atoms with Gasteiger partial charge in [0.15, 0.2) is 5.84 Å². The van der Waals surface area contributed by atoms with E-state index in [1.54, 1.807) is 0 Å². The summed E-state index contributed by atoms with van der Waals surface area (Å²) >= 11 is 3.20. The van der Waals surface area contributed by atoms with E-state index in [0.717, 1.165) is 38.3 Å². The third kappa shape index (κ3) is 4.16. The van der Waals surface area contributed by atoms with Crippen LogP contribution < -0.4 is 5.73 Å². The average molecular weight is 345 g/mol. The molecule has 1 aromatic carbocycles. The van der Waals surface area contributed by atoms with Crippen molar-refractivity contribution in [1.29, 1.82) is 0 Å². The average Bonchev–Trinajstić information content (AvgIpc) is 2.45. The molecule has 1 aromatic rings. The Bertz CT molecular complexity index is 489. The highest BCUT2D eigenvalue weighted by Crippen LogP contribution is 2.18. The molecule has 7 heteroatoms. The Kier molecular flexibility index (Phi) is 5.33. The summed E-state index contributed by atoms with van der Waals surface area (Å²) in [6.45, 7) is 4.86. The van der Waals surface area contributed by atoms with Crippen LogP contribution in [-0.2, 0) is 6.54 Å². The Morgan fingerprint density at radius 1 is 1.30 bits per heavy atom. The SMILES string of the molecule is NC(CN1CCN(Cc2ccc(F)c(Br)c2)CC1)=NO. The first-order valence-corrected chi connectivity index (χ1v) is 7.23. The first-order chi connectivity index (χ1) is 9.58. The van der Waals surface area contributed by atoms with Crippen molar-refractivity contribution < 1.29 is 9.60 Å². The molecule has 0 aliphatic carbocycles. The molecule has 20 heavy (non-hydrogen) atoms. The maximum atomic E-state index is 13.2. The highest BCUT2D eigenvalue weighted by Gasteiger charge is 2.17. The summed E-state index contributed by atoms with van der Waals surface area (Å²) in [6, 6.07) is 5.11. The summed E-state index contributed by atoms with van der Waals surface area (Å²) in [5, 5.41) is 11.5. The van der Waals surface area contributed by atoms with Gasteiger partial charge < -0.3 is 10.9 Å². The molecule has 0 unspecified atom stereocenters. The first kappa shape index (κ1) is 15.2. The van der Waals surface area contributed by atoms with Gasteiger partial charge in [-0.25, -0.2) is 4.39 Å². The lowest BCUT2D eigenvalue weighted by atomic mass is 10.2.